The number of ether oxygens (including phenoxy) is 1. The fourth-order valence-corrected chi connectivity index (χ4v) is 4.31. The summed E-state index contributed by atoms with van der Waals surface area (Å²) >= 11 is 0.627. The second-order valence-corrected chi connectivity index (χ2v) is 8.56. The average Bonchev–Trinajstić information content (AvgIpc) is 2.70. The minimum absolute atomic E-state index is 0.220. The summed E-state index contributed by atoms with van der Waals surface area (Å²) in [5.74, 6) is -7.35. The number of nitro benzene ring substituents is 1. The number of benzene rings is 1. The van der Waals surface area contributed by atoms with Gasteiger partial charge in [-0.15, -0.1) is 11.8 Å². The summed E-state index contributed by atoms with van der Waals surface area (Å²) in [4.78, 5) is 22.1. The molecule has 174 valence electrons. The molecule has 1 aromatic rings. The van der Waals surface area contributed by atoms with E-state index in [0.29, 0.717) is 44.1 Å². The number of hydrogen-bond acceptors (Lipinski definition) is 6. The van der Waals surface area contributed by atoms with Gasteiger partial charge in [0.2, 0.25) is 5.91 Å². The van der Waals surface area contributed by atoms with E-state index in [1.54, 1.807) is 0 Å². The van der Waals surface area contributed by atoms with Gasteiger partial charge in [0.05, 0.1) is 33.7 Å². The first-order valence-electron chi connectivity index (χ1n) is 8.21. The second kappa shape index (κ2) is 9.28. The topological polar surface area (TPSA) is 89.8 Å². The highest BCUT2D eigenvalue weighted by Gasteiger charge is 2.76. The van der Waals surface area contributed by atoms with Gasteiger partial charge in [0.15, 0.2) is 0 Å². The molecular weight excluding hydrogens is 485 g/mol. The van der Waals surface area contributed by atoms with Crippen LogP contribution in [0, 0.1) is 10.1 Å². The fraction of sp³-hybridized carbons (Fsp3) is 0.533. The molecule has 7 nitrogen and oxygen atoms in total. The molecule has 1 aliphatic heterocycles. The molecule has 0 aromatic heterocycles. The van der Waals surface area contributed by atoms with Gasteiger partial charge < -0.3 is 9.64 Å². The van der Waals surface area contributed by atoms with Gasteiger partial charge in [-0.3, -0.25) is 14.9 Å². The molecule has 1 saturated heterocycles. The van der Waals surface area contributed by atoms with E-state index < -0.39 is 49.6 Å². The summed E-state index contributed by atoms with van der Waals surface area (Å²) in [6.45, 7) is 1.19. The lowest BCUT2D eigenvalue weighted by Crippen LogP contribution is -2.54. The van der Waals surface area contributed by atoms with Crippen LogP contribution in [0.3, 0.4) is 0 Å². The number of hydrogen-bond donors (Lipinski definition) is 0. The van der Waals surface area contributed by atoms with Gasteiger partial charge in [0, 0.05) is 19.2 Å². The maximum Gasteiger partial charge on any atom is 0.461 e. The van der Waals surface area contributed by atoms with E-state index in [-0.39, 0.29) is 16.7 Å². The summed E-state index contributed by atoms with van der Waals surface area (Å²) in [6, 6.07) is 1.48. The summed E-state index contributed by atoms with van der Waals surface area (Å²) in [5.41, 5.74) is -0.975. The van der Waals surface area contributed by atoms with E-state index in [0.717, 1.165) is 6.07 Å². The number of nitro groups is 1. The fourth-order valence-electron chi connectivity index (χ4n) is 2.35. The van der Waals surface area contributed by atoms with Gasteiger partial charge in [0.25, 0.3) is 5.69 Å². The van der Waals surface area contributed by atoms with Gasteiger partial charge in [0.1, 0.15) is 10.8 Å². The first-order chi connectivity index (χ1) is 14.2. The van der Waals surface area contributed by atoms with Crippen molar-refractivity contribution in [1.29, 1.82) is 0 Å². The Bertz CT molecular complexity index is 876. The van der Waals surface area contributed by atoms with E-state index >= 15 is 0 Å². The number of morpholine rings is 1. The van der Waals surface area contributed by atoms with E-state index in [2.05, 4.69) is 0 Å². The summed E-state index contributed by atoms with van der Waals surface area (Å²) < 4.78 is 107. The summed E-state index contributed by atoms with van der Waals surface area (Å²) in [6.07, 6.45) is -6.70. The standard InChI is InChI=1S/C15H13F7N2O5S2/c16-13(17,14(18,19)20)15(21,22)31(28)9-1-2-11(10(7-9)24(26)27)30-8-12(25)23-3-5-29-6-4-23/h1-2,7H,3-6,8H2. The normalized spacial score (nSPS) is 16.8. The van der Waals surface area contributed by atoms with Crippen LogP contribution < -0.4 is 0 Å². The van der Waals surface area contributed by atoms with Crippen molar-refractivity contribution in [2.75, 3.05) is 32.1 Å². The van der Waals surface area contributed by atoms with Crippen LogP contribution in [0.1, 0.15) is 0 Å². The van der Waals surface area contributed by atoms with Crippen LogP contribution in [0.15, 0.2) is 28.0 Å². The Kier molecular flexibility index (Phi) is 7.58. The van der Waals surface area contributed by atoms with Crippen molar-refractivity contribution in [3.8, 4) is 0 Å². The Morgan fingerprint density at radius 1 is 1.16 bits per heavy atom. The molecule has 1 heterocycles. The van der Waals surface area contributed by atoms with E-state index in [1.807, 2.05) is 0 Å². The highest BCUT2D eigenvalue weighted by atomic mass is 32.2. The molecule has 1 fully saturated rings. The molecule has 1 amide bonds. The van der Waals surface area contributed by atoms with Crippen LogP contribution in [-0.2, 0) is 20.3 Å². The SMILES string of the molecule is O=C(CSc1ccc(S(=O)C(F)(F)C(F)(F)C(F)(F)F)cc1[N+](=O)[O-])N1CCOCC1. The monoisotopic (exact) mass is 498 g/mol. The second-order valence-electron chi connectivity index (χ2n) is 6.03. The molecule has 1 atom stereocenters. The highest BCUT2D eigenvalue weighted by molar-refractivity contribution is 8.00. The van der Waals surface area contributed by atoms with Crippen LogP contribution in [-0.4, -0.2) is 69.3 Å². The first kappa shape index (κ1) is 25.3. The van der Waals surface area contributed by atoms with Gasteiger partial charge in [-0.2, -0.15) is 30.7 Å². The maximum absolute atomic E-state index is 13.7. The smallest absolute Gasteiger partial charge is 0.378 e. The Hall–Kier alpha value is -1.94. The molecule has 16 heteroatoms. The first-order valence-corrected chi connectivity index (χ1v) is 10.3. The zero-order chi connectivity index (χ0) is 23.6. The molecule has 1 unspecified atom stereocenters. The van der Waals surface area contributed by atoms with Crippen LogP contribution >= 0.6 is 11.8 Å². The van der Waals surface area contributed by atoms with Gasteiger partial charge in [-0.05, 0) is 12.1 Å². The Balaban J connectivity index is 2.26. The Morgan fingerprint density at radius 2 is 1.74 bits per heavy atom. The molecule has 0 saturated carbocycles. The predicted molar refractivity (Wildman–Crippen MR) is 93.6 cm³/mol. The zero-order valence-corrected chi connectivity index (χ0v) is 16.8. The number of rotatable bonds is 7. The Labute approximate surface area is 176 Å². The number of carbonyl (C=O) groups excluding carboxylic acids is 1. The molecule has 31 heavy (non-hydrogen) atoms. The van der Waals surface area contributed by atoms with Crippen LogP contribution in [0.2, 0.25) is 0 Å². The lowest BCUT2D eigenvalue weighted by molar-refractivity contribution is -0.388. The molecule has 0 bridgehead atoms. The predicted octanol–water partition coefficient (Wildman–Crippen LogP) is 3.44. The minimum atomic E-state index is -6.70. The van der Waals surface area contributed by atoms with Crippen molar-refractivity contribution < 1.29 is 49.4 Å². The van der Waals surface area contributed by atoms with Gasteiger partial charge in [-0.1, -0.05) is 0 Å². The van der Waals surface area contributed by atoms with Crippen molar-refractivity contribution in [3.05, 3.63) is 28.3 Å². The lowest BCUT2D eigenvalue weighted by atomic mass is 10.3. The molecule has 0 radical (unpaired) electrons. The number of carbonyl (C=O) groups is 1. The van der Waals surface area contributed by atoms with Crippen molar-refractivity contribution in [1.82, 2.24) is 4.90 Å². The van der Waals surface area contributed by atoms with Crippen LogP contribution in [0.25, 0.3) is 0 Å². The molecule has 0 aliphatic carbocycles. The van der Waals surface area contributed by atoms with Crippen LogP contribution in [0.5, 0.6) is 0 Å². The van der Waals surface area contributed by atoms with E-state index in [1.165, 1.54) is 4.90 Å². The van der Waals surface area contributed by atoms with Crippen molar-refractivity contribution >= 4 is 34.2 Å². The van der Waals surface area contributed by atoms with Crippen molar-refractivity contribution in [2.45, 2.75) is 27.1 Å². The number of alkyl halides is 7. The van der Waals surface area contributed by atoms with Crippen molar-refractivity contribution in [3.63, 3.8) is 0 Å². The lowest BCUT2D eigenvalue weighted by Gasteiger charge is -2.27. The van der Waals surface area contributed by atoms with Gasteiger partial charge in [-0.25, -0.2) is 4.21 Å². The average molecular weight is 498 g/mol. The number of thioether (sulfide) groups is 1. The largest absolute Gasteiger partial charge is 0.461 e. The molecule has 0 N–H and O–H groups in total. The summed E-state index contributed by atoms with van der Waals surface area (Å²) in [5, 5.41) is 5.13. The molecule has 2 rings (SSSR count). The number of halogens is 7. The quantitative estimate of drug-likeness (QED) is 0.248. The van der Waals surface area contributed by atoms with Crippen LogP contribution in [0.4, 0.5) is 36.4 Å². The van der Waals surface area contributed by atoms with Gasteiger partial charge >= 0.3 is 17.4 Å². The Morgan fingerprint density at radius 3 is 2.26 bits per heavy atom. The molecule has 0 spiro atoms. The highest BCUT2D eigenvalue weighted by Crippen LogP contribution is 2.49. The minimum Gasteiger partial charge on any atom is -0.378 e. The molecule has 1 aromatic carbocycles. The third-order valence-electron chi connectivity index (χ3n) is 4.01. The molecular formula is C15H13F7N2O5S2. The molecule has 1 aliphatic rings. The summed E-state index contributed by atoms with van der Waals surface area (Å²) in [7, 11) is -4.27. The van der Waals surface area contributed by atoms with E-state index in [4.69, 9.17) is 4.74 Å². The van der Waals surface area contributed by atoms with Crippen molar-refractivity contribution in [2.24, 2.45) is 0 Å². The zero-order valence-electron chi connectivity index (χ0n) is 15.2. The third kappa shape index (κ3) is 5.28. The third-order valence-corrected chi connectivity index (χ3v) is 6.46. The maximum atomic E-state index is 13.7. The van der Waals surface area contributed by atoms with E-state index in [9.17, 15) is 49.9 Å². The number of nitrogens with zero attached hydrogens (tertiary/aromatic N) is 2. The number of amides is 1.